The fraction of sp³-hybridized carbons (Fsp3) is 0.188. The molecule has 0 bridgehead atoms. The van der Waals surface area contributed by atoms with Gasteiger partial charge in [-0.15, -0.1) is 0 Å². The molecule has 2 N–H and O–H groups in total. The van der Waals surface area contributed by atoms with Crippen molar-refractivity contribution in [2.24, 2.45) is 0 Å². The monoisotopic (exact) mass is 391 g/mol. The third kappa shape index (κ3) is 4.11. The van der Waals surface area contributed by atoms with Crippen LogP contribution in [0.1, 0.15) is 18.8 Å². The lowest BCUT2D eigenvalue weighted by molar-refractivity contribution is 0.248. The number of hydrogen-bond acceptors (Lipinski definition) is 6. The summed E-state index contributed by atoms with van der Waals surface area (Å²) in [6.07, 6.45) is 4.47. The largest absolute Gasteiger partial charge is 0.495 e. The number of benzene rings is 1. The maximum Gasteiger partial charge on any atom is 0.319 e. The number of nitrogens with one attached hydrogen (secondary N) is 2. The first kappa shape index (κ1) is 18.5. The number of anilines is 1. The zero-order valence-corrected chi connectivity index (χ0v) is 15.1. The van der Waals surface area contributed by atoms with Crippen molar-refractivity contribution in [1.29, 1.82) is 0 Å². The van der Waals surface area contributed by atoms with Crippen molar-refractivity contribution in [3.8, 4) is 11.7 Å². The predicted molar refractivity (Wildman–Crippen MR) is 95.5 cm³/mol. The van der Waals surface area contributed by atoms with Crippen molar-refractivity contribution in [2.45, 2.75) is 13.0 Å². The van der Waals surface area contributed by atoms with Crippen LogP contribution in [0.2, 0.25) is 5.02 Å². The molecule has 3 aromatic rings. The van der Waals surface area contributed by atoms with E-state index in [1.807, 2.05) is 0 Å². The maximum absolute atomic E-state index is 13.7. The second-order valence-electron chi connectivity index (χ2n) is 5.37. The van der Waals surface area contributed by atoms with Gasteiger partial charge in [0.25, 0.3) is 5.95 Å². The fourth-order valence-electron chi connectivity index (χ4n) is 2.32. The average Bonchev–Trinajstić information content (AvgIpc) is 3.15. The van der Waals surface area contributed by atoms with Crippen molar-refractivity contribution in [1.82, 2.24) is 30.0 Å². The molecule has 1 atom stereocenters. The summed E-state index contributed by atoms with van der Waals surface area (Å²) in [5.41, 5.74) is 0.136. The highest BCUT2D eigenvalue weighted by molar-refractivity contribution is 6.31. The number of carbonyl (C=O) groups is 1. The number of nitrogens with zero attached hydrogens (tertiary/aromatic N) is 5. The number of rotatable bonds is 5. The lowest BCUT2D eigenvalue weighted by Gasteiger charge is -2.16. The summed E-state index contributed by atoms with van der Waals surface area (Å²) in [7, 11) is 1.39. The summed E-state index contributed by atoms with van der Waals surface area (Å²) in [5.74, 6) is 0.290. The van der Waals surface area contributed by atoms with Gasteiger partial charge in [-0.2, -0.15) is 9.78 Å². The van der Waals surface area contributed by atoms with Crippen molar-refractivity contribution in [3.05, 3.63) is 53.6 Å². The van der Waals surface area contributed by atoms with Gasteiger partial charge in [-0.25, -0.2) is 24.1 Å². The number of aromatic nitrogens is 5. The molecule has 0 aliphatic carbocycles. The molecule has 1 unspecified atom stereocenters. The van der Waals surface area contributed by atoms with Crippen LogP contribution in [-0.4, -0.2) is 37.9 Å². The molecule has 9 nitrogen and oxygen atoms in total. The van der Waals surface area contributed by atoms with E-state index in [0.29, 0.717) is 11.8 Å². The van der Waals surface area contributed by atoms with Gasteiger partial charge in [-0.1, -0.05) is 11.6 Å². The van der Waals surface area contributed by atoms with Crippen LogP contribution in [0.15, 0.2) is 36.9 Å². The number of halogens is 2. The molecule has 0 saturated heterocycles. The molecule has 2 amide bonds. The molecule has 1 aromatic carbocycles. The van der Waals surface area contributed by atoms with E-state index in [1.165, 1.54) is 24.2 Å². The minimum absolute atomic E-state index is 0.109. The predicted octanol–water partition coefficient (Wildman–Crippen LogP) is 2.74. The van der Waals surface area contributed by atoms with E-state index in [0.717, 1.165) is 6.07 Å². The van der Waals surface area contributed by atoms with E-state index in [-0.39, 0.29) is 16.5 Å². The zero-order chi connectivity index (χ0) is 19.4. The Labute approximate surface area is 158 Å². The lowest BCUT2D eigenvalue weighted by atomic mass is 10.2. The third-order valence-electron chi connectivity index (χ3n) is 3.54. The lowest BCUT2D eigenvalue weighted by Crippen LogP contribution is -2.33. The van der Waals surface area contributed by atoms with Gasteiger partial charge in [0, 0.05) is 24.5 Å². The number of hydrogen-bond donors (Lipinski definition) is 2. The fourth-order valence-corrected chi connectivity index (χ4v) is 2.47. The molecule has 11 heteroatoms. The third-order valence-corrected chi connectivity index (χ3v) is 3.83. The van der Waals surface area contributed by atoms with Gasteiger partial charge >= 0.3 is 6.03 Å². The summed E-state index contributed by atoms with van der Waals surface area (Å²) in [4.78, 5) is 24.7. The van der Waals surface area contributed by atoms with Crippen LogP contribution in [0.25, 0.3) is 5.95 Å². The van der Waals surface area contributed by atoms with Gasteiger partial charge in [0.15, 0.2) is 5.82 Å². The first-order valence-corrected chi connectivity index (χ1v) is 8.15. The normalized spacial score (nSPS) is 11.7. The number of ether oxygens (including phenoxy) is 1. The SMILES string of the molecule is COc1cc(Cl)c(F)cc1NC(=O)NC(C)c1ncnn1-c1ncccn1. The van der Waals surface area contributed by atoms with Gasteiger partial charge in [0.05, 0.1) is 23.9 Å². The second-order valence-corrected chi connectivity index (χ2v) is 5.77. The van der Waals surface area contributed by atoms with E-state index in [2.05, 4.69) is 30.7 Å². The van der Waals surface area contributed by atoms with Gasteiger partial charge < -0.3 is 15.4 Å². The van der Waals surface area contributed by atoms with E-state index < -0.39 is 17.9 Å². The molecule has 3 rings (SSSR count). The minimum atomic E-state index is -0.679. The molecule has 0 fully saturated rings. The standard InChI is InChI=1S/C16H15ClFN7O2/c1-9(14-21-8-22-25(14)15-19-4-3-5-20-15)23-16(26)24-12-7-11(18)10(17)6-13(12)27-2/h3-9H,1-2H3,(H2,23,24,26). The highest BCUT2D eigenvalue weighted by atomic mass is 35.5. The smallest absolute Gasteiger partial charge is 0.319 e. The molecule has 27 heavy (non-hydrogen) atoms. The van der Waals surface area contributed by atoms with Crippen LogP contribution < -0.4 is 15.4 Å². The van der Waals surface area contributed by atoms with E-state index >= 15 is 0 Å². The molecule has 0 aliphatic rings. The molecule has 2 aromatic heterocycles. The van der Waals surface area contributed by atoms with E-state index in [4.69, 9.17) is 16.3 Å². The van der Waals surface area contributed by atoms with E-state index in [1.54, 1.807) is 25.4 Å². The first-order chi connectivity index (χ1) is 13.0. The summed E-state index contributed by atoms with van der Waals surface area (Å²) in [6, 6.07) is 2.89. The molecule has 0 spiro atoms. The van der Waals surface area contributed by atoms with Gasteiger partial charge in [0.2, 0.25) is 0 Å². The topological polar surface area (TPSA) is 107 Å². The summed E-state index contributed by atoms with van der Waals surface area (Å²) < 4.78 is 20.2. The van der Waals surface area contributed by atoms with Crippen molar-refractivity contribution in [2.75, 3.05) is 12.4 Å². The minimum Gasteiger partial charge on any atom is -0.495 e. The Bertz CT molecular complexity index is 951. The summed E-state index contributed by atoms with van der Waals surface area (Å²) >= 11 is 5.72. The number of amides is 2. The Morgan fingerprint density at radius 2 is 2.04 bits per heavy atom. The second kappa shape index (κ2) is 7.96. The van der Waals surface area contributed by atoms with Crippen LogP contribution in [-0.2, 0) is 0 Å². The Kier molecular flexibility index (Phi) is 5.46. The van der Waals surface area contributed by atoms with Gasteiger partial charge in [-0.3, -0.25) is 0 Å². The quantitative estimate of drug-likeness (QED) is 0.692. The van der Waals surface area contributed by atoms with Crippen LogP contribution in [0, 0.1) is 5.82 Å². The van der Waals surface area contributed by atoms with Crippen molar-refractivity contribution >= 4 is 23.3 Å². The van der Waals surface area contributed by atoms with Gasteiger partial charge in [0.1, 0.15) is 17.9 Å². The van der Waals surface area contributed by atoms with Crippen LogP contribution in [0.5, 0.6) is 5.75 Å². The molecule has 2 heterocycles. The van der Waals surface area contributed by atoms with Crippen LogP contribution >= 0.6 is 11.6 Å². The van der Waals surface area contributed by atoms with Crippen molar-refractivity contribution in [3.63, 3.8) is 0 Å². The Hall–Kier alpha value is -3.27. The maximum atomic E-state index is 13.7. The number of methoxy groups -OCH3 is 1. The average molecular weight is 392 g/mol. The van der Waals surface area contributed by atoms with E-state index in [9.17, 15) is 9.18 Å². The van der Waals surface area contributed by atoms with Gasteiger partial charge in [-0.05, 0) is 13.0 Å². The molecule has 0 aliphatic heterocycles. The molecule has 0 radical (unpaired) electrons. The highest BCUT2D eigenvalue weighted by Gasteiger charge is 2.19. The summed E-state index contributed by atoms with van der Waals surface area (Å²) in [6.45, 7) is 1.71. The highest BCUT2D eigenvalue weighted by Crippen LogP contribution is 2.30. The number of carbonyl (C=O) groups excluding carboxylic acids is 1. The van der Waals surface area contributed by atoms with Crippen molar-refractivity contribution < 1.29 is 13.9 Å². The number of urea groups is 1. The Morgan fingerprint density at radius 1 is 1.30 bits per heavy atom. The summed E-state index contributed by atoms with van der Waals surface area (Å²) in [5, 5.41) is 9.17. The van der Waals surface area contributed by atoms with Crippen LogP contribution in [0.4, 0.5) is 14.9 Å². The molecule has 140 valence electrons. The zero-order valence-electron chi connectivity index (χ0n) is 14.3. The van der Waals surface area contributed by atoms with Crippen LogP contribution in [0.3, 0.4) is 0 Å². The Morgan fingerprint density at radius 3 is 2.74 bits per heavy atom. The molecular formula is C16H15ClFN7O2. The molecular weight excluding hydrogens is 377 g/mol. The molecule has 0 saturated carbocycles. The first-order valence-electron chi connectivity index (χ1n) is 7.77. The Balaban J connectivity index is 1.74.